The predicted octanol–water partition coefficient (Wildman–Crippen LogP) is 8.86. The standard InChI is InChI=1S/C27H32F4O2/c1-3-5-13-32-21-15-20-23(27(31)25(21)29)22-19(33-20)14-18(24(28)26(22)30)12-11-17-9-7-16(6-4-2)8-10-17/h14-17H,3-13H2,1-2H3. The monoisotopic (exact) mass is 464 g/mol. The molecule has 3 aromatic rings. The summed E-state index contributed by atoms with van der Waals surface area (Å²) in [6.07, 6.45) is 9.79. The lowest BCUT2D eigenvalue weighted by atomic mass is 9.78. The molecule has 1 aliphatic rings. The number of fused-ring (bicyclic) bond motifs is 3. The third-order valence-corrected chi connectivity index (χ3v) is 7.09. The summed E-state index contributed by atoms with van der Waals surface area (Å²) in [6, 6.07) is 2.65. The molecule has 180 valence electrons. The van der Waals surface area contributed by atoms with E-state index in [-0.39, 0.29) is 39.9 Å². The number of aryl methyl sites for hydroxylation is 1. The molecule has 0 unspecified atom stereocenters. The van der Waals surface area contributed by atoms with Crippen LogP contribution >= 0.6 is 0 Å². The normalized spacial score (nSPS) is 19.0. The molecule has 33 heavy (non-hydrogen) atoms. The van der Waals surface area contributed by atoms with Gasteiger partial charge in [-0.25, -0.2) is 13.2 Å². The first kappa shape index (κ1) is 23.9. The Hall–Kier alpha value is -2.24. The highest BCUT2D eigenvalue weighted by Crippen LogP contribution is 2.39. The lowest BCUT2D eigenvalue weighted by Crippen LogP contribution is -2.15. The van der Waals surface area contributed by atoms with Crippen molar-refractivity contribution >= 4 is 21.9 Å². The topological polar surface area (TPSA) is 22.4 Å². The van der Waals surface area contributed by atoms with E-state index in [2.05, 4.69) is 6.92 Å². The van der Waals surface area contributed by atoms with Crippen molar-refractivity contribution in [1.82, 2.24) is 0 Å². The van der Waals surface area contributed by atoms with Crippen LogP contribution in [0.25, 0.3) is 21.9 Å². The Morgan fingerprint density at radius 2 is 1.39 bits per heavy atom. The molecule has 0 radical (unpaired) electrons. The average Bonchev–Trinajstić information content (AvgIpc) is 3.18. The van der Waals surface area contributed by atoms with Gasteiger partial charge >= 0.3 is 0 Å². The minimum atomic E-state index is -1.28. The maximum Gasteiger partial charge on any atom is 0.201 e. The number of hydrogen-bond donors (Lipinski definition) is 0. The summed E-state index contributed by atoms with van der Waals surface area (Å²) < 4.78 is 70.3. The second kappa shape index (κ2) is 10.4. The van der Waals surface area contributed by atoms with Gasteiger partial charge in [-0.3, -0.25) is 0 Å². The number of ether oxygens (including phenoxy) is 1. The summed E-state index contributed by atoms with van der Waals surface area (Å²) in [5, 5.41) is -0.745. The Kier molecular flexibility index (Phi) is 7.50. The van der Waals surface area contributed by atoms with Crippen LogP contribution in [0.1, 0.15) is 77.2 Å². The summed E-state index contributed by atoms with van der Waals surface area (Å²) in [5.41, 5.74) is 0.185. The van der Waals surface area contributed by atoms with Crippen molar-refractivity contribution in [2.24, 2.45) is 11.8 Å². The second-order valence-corrected chi connectivity index (χ2v) is 9.43. The Morgan fingerprint density at radius 3 is 2.03 bits per heavy atom. The zero-order chi connectivity index (χ0) is 23.5. The molecule has 2 nitrogen and oxygen atoms in total. The van der Waals surface area contributed by atoms with E-state index in [4.69, 9.17) is 9.15 Å². The van der Waals surface area contributed by atoms with Crippen molar-refractivity contribution < 1.29 is 26.7 Å². The zero-order valence-electron chi connectivity index (χ0n) is 19.4. The smallest absolute Gasteiger partial charge is 0.201 e. The largest absolute Gasteiger partial charge is 0.490 e. The fourth-order valence-corrected chi connectivity index (χ4v) is 5.17. The quantitative estimate of drug-likeness (QED) is 0.233. The highest BCUT2D eigenvalue weighted by atomic mass is 19.2. The van der Waals surface area contributed by atoms with Crippen molar-refractivity contribution in [2.75, 3.05) is 6.61 Å². The van der Waals surface area contributed by atoms with Crippen LogP contribution < -0.4 is 4.74 Å². The molecule has 1 aliphatic carbocycles. The first-order valence-corrected chi connectivity index (χ1v) is 12.3. The highest BCUT2D eigenvalue weighted by molar-refractivity contribution is 6.06. The molecule has 2 aromatic carbocycles. The van der Waals surface area contributed by atoms with E-state index >= 15 is 4.39 Å². The molecule has 4 rings (SSSR count). The number of unbranched alkanes of at least 4 members (excludes halogenated alkanes) is 1. The molecule has 1 fully saturated rings. The minimum Gasteiger partial charge on any atom is -0.490 e. The van der Waals surface area contributed by atoms with Crippen LogP contribution in [0.4, 0.5) is 17.6 Å². The van der Waals surface area contributed by atoms with Crippen LogP contribution in [0.3, 0.4) is 0 Å². The van der Waals surface area contributed by atoms with Gasteiger partial charge < -0.3 is 9.15 Å². The lowest BCUT2D eigenvalue weighted by molar-refractivity contribution is 0.251. The van der Waals surface area contributed by atoms with Gasteiger partial charge in [0, 0.05) is 6.07 Å². The predicted molar refractivity (Wildman–Crippen MR) is 123 cm³/mol. The second-order valence-electron chi connectivity index (χ2n) is 9.43. The third kappa shape index (κ3) is 4.85. The van der Waals surface area contributed by atoms with Crippen molar-refractivity contribution in [3.8, 4) is 5.75 Å². The Morgan fingerprint density at radius 1 is 0.788 bits per heavy atom. The van der Waals surface area contributed by atoms with Gasteiger partial charge in [-0.1, -0.05) is 58.8 Å². The molecular weight excluding hydrogens is 432 g/mol. The van der Waals surface area contributed by atoms with Crippen LogP contribution in [0, 0.1) is 35.1 Å². The summed E-state index contributed by atoms with van der Waals surface area (Å²) in [7, 11) is 0. The van der Waals surface area contributed by atoms with Crippen LogP contribution in [-0.4, -0.2) is 6.61 Å². The first-order valence-electron chi connectivity index (χ1n) is 12.3. The van der Waals surface area contributed by atoms with E-state index in [0.717, 1.165) is 31.6 Å². The minimum absolute atomic E-state index is 0.0227. The molecule has 0 amide bonds. The van der Waals surface area contributed by atoms with Gasteiger partial charge in [0.15, 0.2) is 23.2 Å². The molecule has 0 atom stereocenters. The summed E-state index contributed by atoms with van der Waals surface area (Å²) in [6.45, 7) is 4.39. The maximum atomic E-state index is 15.0. The highest BCUT2D eigenvalue weighted by Gasteiger charge is 2.26. The lowest BCUT2D eigenvalue weighted by Gasteiger charge is -2.28. The van der Waals surface area contributed by atoms with Crippen molar-refractivity contribution in [3.63, 3.8) is 0 Å². The van der Waals surface area contributed by atoms with Crippen LogP contribution in [0.5, 0.6) is 5.75 Å². The molecule has 0 N–H and O–H groups in total. The fourth-order valence-electron chi connectivity index (χ4n) is 5.17. The van der Waals surface area contributed by atoms with Gasteiger partial charge in [-0.15, -0.1) is 0 Å². The number of halogens is 4. The van der Waals surface area contributed by atoms with E-state index in [0.29, 0.717) is 18.8 Å². The van der Waals surface area contributed by atoms with E-state index in [1.54, 1.807) is 0 Å². The number of furan rings is 1. The molecule has 0 saturated heterocycles. The van der Waals surface area contributed by atoms with Crippen molar-refractivity contribution in [3.05, 3.63) is 41.0 Å². The molecular formula is C27H32F4O2. The van der Waals surface area contributed by atoms with Gasteiger partial charge in [0.05, 0.1) is 17.4 Å². The van der Waals surface area contributed by atoms with Crippen molar-refractivity contribution in [1.29, 1.82) is 0 Å². The van der Waals surface area contributed by atoms with E-state index in [1.165, 1.54) is 37.8 Å². The summed E-state index contributed by atoms with van der Waals surface area (Å²) >= 11 is 0. The van der Waals surface area contributed by atoms with Gasteiger partial charge in [0.1, 0.15) is 11.2 Å². The Labute approximate surface area is 192 Å². The molecule has 1 aromatic heterocycles. The van der Waals surface area contributed by atoms with Gasteiger partial charge in [0.25, 0.3) is 0 Å². The number of benzene rings is 2. The first-order chi connectivity index (χ1) is 15.9. The zero-order valence-corrected chi connectivity index (χ0v) is 19.4. The van der Waals surface area contributed by atoms with Crippen LogP contribution in [0.2, 0.25) is 0 Å². The van der Waals surface area contributed by atoms with Crippen molar-refractivity contribution in [2.45, 2.75) is 78.1 Å². The van der Waals surface area contributed by atoms with Gasteiger partial charge in [-0.05, 0) is 42.7 Å². The molecule has 0 aliphatic heterocycles. The Bertz CT molecular complexity index is 1110. The Balaban J connectivity index is 1.59. The summed E-state index contributed by atoms with van der Waals surface area (Å²) in [4.78, 5) is 0. The number of rotatable bonds is 9. The van der Waals surface area contributed by atoms with E-state index in [1.807, 2.05) is 6.92 Å². The SMILES string of the molecule is CCCCOc1cc2oc3cc(CCC4CCC(CCC)CC4)c(F)c(F)c3c2c(F)c1F. The maximum absolute atomic E-state index is 15.0. The van der Waals surface area contributed by atoms with E-state index < -0.39 is 23.3 Å². The molecule has 1 heterocycles. The number of hydrogen-bond acceptors (Lipinski definition) is 2. The fraction of sp³-hybridized carbons (Fsp3) is 0.556. The average molecular weight is 465 g/mol. The van der Waals surface area contributed by atoms with Gasteiger partial charge in [0.2, 0.25) is 5.82 Å². The third-order valence-electron chi connectivity index (χ3n) is 7.09. The van der Waals surface area contributed by atoms with Crippen LogP contribution in [-0.2, 0) is 6.42 Å². The van der Waals surface area contributed by atoms with Gasteiger partial charge in [-0.2, -0.15) is 4.39 Å². The molecule has 1 saturated carbocycles. The van der Waals surface area contributed by atoms with E-state index in [9.17, 15) is 13.2 Å². The van der Waals surface area contributed by atoms with Crippen LogP contribution in [0.15, 0.2) is 16.5 Å². The molecule has 6 heteroatoms. The summed E-state index contributed by atoms with van der Waals surface area (Å²) in [5.74, 6) is -3.69. The molecule has 0 bridgehead atoms. The molecule has 0 spiro atoms.